The number of anilines is 1. The first-order valence-electron chi connectivity index (χ1n) is 9.80. The van der Waals surface area contributed by atoms with Crippen LogP contribution >= 0.6 is 23.4 Å². The van der Waals surface area contributed by atoms with Gasteiger partial charge in [0, 0.05) is 36.0 Å². The highest BCUT2D eigenvalue weighted by atomic mass is 35.5. The minimum Gasteiger partial charge on any atom is -0.355 e. The lowest BCUT2D eigenvalue weighted by molar-refractivity contribution is -0.121. The monoisotopic (exact) mass is 468 g/mol. The fourth-order valence-corrected chi connectivity index (χ4v) is 5.04. The lowest BCUT2D eigenvalue weighted by atomic mass is 10.1. The summed E-state index contributed by atoms with van der Waals surface area (Å²) in [5.41, 5.74) is 3.73. The molecule has 0 aliphatic heterocycles. The summed E-state index contributed by atoms with van der Waals surface area (Å²) in [5.74, 6) is 1.58. The van der Waals surface area contributed by atoms with E-state index in [9.17, 15) is 13.2 Å². The molecule has 0 fully saturated rings. The Labute approximate surface area is 189 Å². The van der Waals surface area contributed by atoms with Gasteiger partial charge in [-0.15, -0.1) is 0 Å². The molecular formula is C22H29ClN2O3S2. The molecule has 164 valence electrons. The number of halogens is 1. The summed E-state index contributed by atoms with van der Waals surface area (Å²) in [5, 5.41) is 3.63. The second-order valence-electron chi connectivity index (χ2n) is 7.26. The summed E-state index contributed by atoms with van der Waals surface area (Å²) >= 11 is 7.70. The molecule has 1 N–H and O–H groups in total. The van der Waals surface area contributed by atoms with E-state index in [0.29, 0.717) is 18.7 Å². The Morgan fingerprint density at radius 3 is 2.63 bits per heavy atom. The first-order valence-corrected chi connectivity index (χ1v) is 13.2. The number of hydrogen-bond acceptors (Lipinski definition) is 4. The van der Waals surface area contributed by atoms with E-state index in [1.807, 2.05) is 56.3 Å². The number of carbonyl (C=O) groups is 1. The maximum Gasteiger partial charge on any atom is 0.232 e. The van der Waals surface area contributed by atoms with Crippen molar-refractivity contribution >= 4 is 45.0 Å². The van der Waals surface area contributed by atoms with Gasteiger partial charge < -0.3 is 5.32 Å². The molecule has 0 saturated heterocycles. The third-order valence-corrected chi connectivity index (χ3v) is 6.97. The minimum absolute atomic E-state index is 0.0622. The zero-order chi connectivity index (χ0) is 22.1. The van der Waals surface area contributed by atoms with E-state index >= 15 is 0 Å². The van der Waals surface area contributed by atoms with Crippen LogP contribution in [0.5, 0.6) is 0 Å². The van der Waals surface area contributed by atoms with Crippen molar-refractivity contribution in [3.8, 4) is 0 Å². The molecule has 5 nitrogen and oxygen atoms in total. The largest absolute Gasteiger partial charge is 0.355 e. The number of rotatable bonds is 11. The molecule has 0 saturated carbocycles. The summed E-state index contributed by atoms with van der Waals surface area (Å²) in [4.78, 5) is 12.1. The van der Waals surface area contributed by atoms with Crippen LogP contribution in [0.25, 0.3) is 0 Å². The van der Waals surface area contributed by atoms with Gasteiger partial charge in [-0.25, -0.2) is 8.42 Å². The predicted octanol–water partition coefficient (Wildman–Crippen LogP) is 4.55. The van der Waals surface area contributed by atoms with Gasteiger partial charge in [-0.3, -0.25) is 9.10 Å². The van der Waals surface area contributed by atoms with Gasteiger partial charge in [-0.1, -0.05) is 35.9 Å². The Hall–Kier alpha value is -1.70. The van der Waals surface area contributed by atoms with E-state index in [0.717, 1.165) is 33.2 Å². The Kier molecular flexibility index (Phi) is 9.52. The van der Waals surface area contributed by atoms with Crippen molar-refractivity contribution in [2.24, 2.45) is 0 Å². The van der Waals surface area contributed by atoms with E-state index in [1.54, 1.807) is 11.8 Å². The van der Waals surface area contributed by atoms with Crippen LogP contribution < -0.4 is 9.62 Å². The summed E-state index contributed by atoms with van der Waals surface area (Å²) in [6.45, 7) is 4.68. The third kappa shape index (κ3) is 8.20. The summed E-state index contributed by atoms with van der Waals surface area (Å²) in [6, 6.07) is 13.5. The fraction of sp³-hybridized carbons (Fsp3) is 0.409. The van der Waals surface area contributed by atoms with Crippen molar-refractivity contribution < 1.29 is 13.2 Å². The van der Waals surface area contributed by atoms with Crippen LogP contribution in [-0.2, 0) is 20.6 Å². The number of nitrogens with one attached hydrogen (secondary N) is 1. The number of benzene rings is 2. The maximum absolute atomic E-state index is 12.3. The lowest BCUT2D eigenvalue weighted by Crippen LogP contribution is -2.33. The maximum atomic E-state index is 12.3. The summed E-state index contributed by atoms with van der Waals surface area (Å²) < 4.78 is 25.9. The molecule has 0 atom stereocenters. The van der Waals surface area contributed by atoms with Crippen LogP contribution in [-0.4, -0.2) is 39.4 Å². The summed E-state index contributed by atoms with van der Waals surface area (Å²) in [7, 11) is -3.42. The molecule has 0 bridgehead atoms. The van der Waals surface area contributed by atoms with E-state index < -0.39 is 10.0 Å². The van der Waals surface area contributed by atoms with Crippen molar-refractivity contribution in [1.82, 2.24) is 5.32 Å². The van der Waals surface area contributed by atoms with Gasteiger partial charge in [0.05, 0.1) is 11.9 Å². The Morgan fingerprint density at radius 2 is 1.93 bits per heavy atom. The molecule has 1 amide bonds. The van der Waals surface area contributed by atoms with Crippen molar-refractivity contribution in [2.45, 2.75) is 32.4 Å². The highest BCUT2D eigenvalue weighted by Gasteiger charge is 2.19. The molecule has 0 spiro atoms. The van der Waals surface area contributed by atoms with Crippen molar-refractivity contribution in [3.63, 3.8) is 0 Å². The molecular weight excluding hydrogens is 440 g/mol. The predicted molar refractivity (Wildman–Crippen MR) is 128 cm³/mol. The quantitative estimate of drug-likeness (QED) is 0.491. The number of sulfonamides is 1. The van der Waals surface area contributed by atoms with Gasteiger partial charge in [0.15, 0.2) is 0 Å². The molecule has 2 rings (SSSR count). The van der Waals surface area contributed by atoms with Crippen LogP contribution in [0.15, 0.2) is 42.5 Å². The lowest BCUT2D eigenvalue weighted by Gasteiger charge is -2.24. The topological polar surface area (TPSA) is 66.5 Å². The average molecular weight is 469 g/mol. The van der Waals surface area contributed by atoms with Gasteiger partial charge >= 0.3 is 0 Å². The Balaban J connectivity index is 1.74. The molecule has 30 heavy (non-hydrogen) atoms. The number of thioether (sulfide) groups is 1. The average Bonchev–Trinajstić information content (AvgIpc) is 2.66. The number of aryl methyl sites for hydroxylation is 2. The van der Waals surface area contributed by atoms with Gasteiger partial charge in [0.2, 0.25) is 15.9 Å². The van der Waals surface area contributed by atoms with Crippen LogP contribution in [0.3, 0.4) is 0 Å². The fourth-order valence-electron chi connectivity index (χ4n) is 3.00. The van der Waals surface area contributed by atoms with Gasteiger partial charge in [-0.2, -0.15) is 11.8 Å². The molecule has 2 aromatic carbocycles. The van der Waals surface area contributed by atoms with Crippen molar-refractivity contribution in [3.05, 3.63) is 64.2 Å². The number of carbonyl (C=O) groups excluding carboxylic acids is 1. The van der Waals surface area contributed by atoms with Crippen LogP contribution in [0.4, 0.5) is 5.69 Å². The van der Waals surface area contributed by atoms with Gasteiger partial charge in [0.1, 0.15) is 0 Å². The smallest absolute Gasteiger partial charge is 0.232 e. The third-order valence-electron chi connectivity index (χ3n) is 4.53. The standard InChI is InChI=1S/C22H29ClN2O3S2/c1-17-9-10-18(2)21(14-17)25(30(3,27)28)12-5-8-22(26)24-11-13-29-16-19-6-4-7-20(23)15-19/h4,6-7,9-10,14-15H,5,8,11-13,16H2,1-3H3,(H,24,26). The highest BCUT2D eigenvalue weighted by molar-refractivity contribution is 7.98. The van der Waals surface area contributed by atoms with Crippen molar-refractivity contribution in [1.29, 1.82) is 0 Å². The van der Waals surface area contributed by atoms with E-state index in [-0.39, 0.29) is 18.9 Å². The number of nitrogens with zero attached hydrogens (tertiary/aromatic N) is 1. The zero-order valence-electron chi connectivity index (χ0n) is 17.7. The second-order valence-corrected chi connectivity index (χ2v) is 10.7. The number of amides is 1. The molecule has 2 aromatic rings. The SMILES string of the molecule is Cc1ccc(C)c(N(CCCC(=O)NCCSCc2cccc(Cl)c2)S(C)(=O)=O)c1. The van der Waals surface area contributed by atoms with E-state index in [2.05, 4.69) is 5.32 Å². The van der Waals surface area contributed by atoms with E-state index in [4.69, 9.17) is 11.6 Å². The molecule has 0 heterocycles. The van der Waals surface area contributed by atoms with Gasteiger partial charge in [0.25, 0.3) is 0 Å². The first-order chi connectivity index (χ1) is 14.2. The van der Waals surface area contributed by atoms with Gasteiger partial charge in [-0.05, 0) is 55.2 Å². The Bertz CT molecular complexity index is 965. The van der Waals surface area contributed by atoms with Crippen LogP contribution in [0, 0.1) is 13.8 Å². The molecule has 0 aromatic heterocycles. The molecule has 0 radical (unpaired) electrons. The van der Waals surface area contributed by atoms with E-state index in [1.165, 1.54) is 10.6 Å². The molecule has 0 aliphatic carbocycles. The molecule has 8 heteroatoms. The minimum atomic E-state index is -3.42. The molecule has 0 unspecified atom stereocenters. The zero-order valence-corrected chi connectivity index (χ0v) is 20.0. The normalized spacial score (nSPS) is 11.3. The highest BCUT2D eigenvalue weighted by Crippen LogP contribution is 2.24. The Morgan fingerprint density at radius 1 is 1.17 bits per heavy atom. The molecule has 0 aliphatic rings. The first kappa shape index (κ1) is 24.6. The van der Waals surface area contributed by atoms with Crippen LogP contribution in [0.2, 0.25) is 5.02 Å². The van der Waals surface area contributed by atoms with Crippen LogP contribution in [0.1, 0.15) is 29.5 Å². The summed E-state index contributed by atoms with van der Waals surface area (Å²) in [6.07, 6.45) is 1.95. The van der Waals surface area contributed by atoms with Crippen molar-refractivity contribution in [2.75, 3.05) is 29.4 Å². The number of hydrogen-bond donors (Lipinski definition) is 1. The second kappa shape index (κ2) is 11.6.